The maximum absolute atomic E-state index is 11.3. The molecule has 0 spiro atoms. The van der Waals surface area contributed by atoms with Gasteiger partial charge in [0.15, 0.2) is 0 Å². The molecule has 0 aliphatic rings. The number of amides is 2. The topological polar surface area (TPSA) is 87.5 Å². The first-order chi connectivity index (χ1) is 9.43. The molecule has 2 amide bonds. The molecule has 0 heterocycles. The fourth-order valence-electron chi connectivity index (χ4n) is 1.70. The lowest BCUT2D eigenvalue weighted by atomic mass is 10.1. The Balaban J connectivity index is 2.41. The summed E-state index contributed by atoms with van der Waals surface area (Å²) in [4.78, 5) is 23.2. The van der Waals surface area contributed by atoms with E-state index in [1.165, 1.54) is 11.0 Å². The number of rotatable bonds is 6. The van der Waals surface area contributed by atoms with Gasteiger partial charge in [0.2, 0.25) is 0 Å². The fourth-order valence-corrected chi connectivity index (χ4v) is 1.70. The average molecular weight is 280 g/mol. The van der Waals surface area contributed by atoms with Crippen molar-refractivity contribution in [1.82, 2.24) is 15.5 Å². The van der Waals surface area contributed by atoms with Crippen LogP contribution in [-0.2, 0) is 6.54 Å². The van der Waals surface area contributed by atoms with Crippen molar-refractivity contribution in [2.24, 2.45) is 0 Å². The van der Waals surface area contributed by atoms with Gasteiger partial charge in [-0.2, -0.15) is 0 Å². The van der Waals surface area contributed by atoms with Gasteiger partial charge in [-0.3, -0.25) is 10.1 Å². The number of hydrogen-bond donors (Lipinski definition) is 2. The lowest BCUT2D eigenvalue weighted by Gasteiger charge is -2.12. The molecule has 0 radical (unpaired) electrons. The highest BCUT2D eigenvalue weighted by Gasteiger charge is 2.12. The van der Waals surface area contributed by atoms with Crippen LogP contribution in [0.1, 0.15) is 11.1 Å². The van der Waals surface area contributed by atoms with Crippen LogP contribution in [-0.4, -0.2) is 43.0 Å². The van der Waals surface area contributed by atoms with E-state index in [2.05, 4.69) is 10.6 Å². The Bertz CT molecular complexity index is 489. The van der Waals surface area contributed by atoms with E-state index in [0.717, 1.165) is 5.56 Å². The largest absolute Gasteiger partial charge is 0.337 e. The summed E-state index contributed by atoms with van der Waals surface area (Å²) < 4.78 is 0. The number of carbonyl (C=O) groups excluding carboxylic acids is 1. The second kappa shape index (κ2) is 7.44. The van der Waals surface area contributed by atoms with Gasteiger partial charge < -0.3 is 15.5 Å². The zero-order chi connectivity index (χ0) is 15.1. The molecular formula is C13H20N4O3. The summed E-state index contributed by atoms with van der Waals surface area (Å²) in [6.45, 7) is 3.38. The van der Waals surface area contributed by atoms with Gasteiger partial charge in [0.25, 0.3) is 5.69 Å². The minimum absolute atomic E-state index is 0.130. The molecule has 110 valence electrons. The van der Waals surface area contributed by atoms with E-state index >= 15 is 0 Å². The van der Waals surface area contributed by atoms with Gasteiger partial charge in [-0.25, -0.2) is 4.79 Å². The zero-order valence-electron chi connectivity index (χ0n) is 12.0. The number of nitro groups is 1. The molecule has 2 N–H and O–H groups in total. The summed E-state index contributed by atoms with van der Waals surface area (Å²) in [7, 11) is 3.35. The maximum atomic E-state index is 11.3. The van der Waals surface area contributed by atoms with Gasteiger partial charge in [0, 0.05) is 45.4 Å². The first kappa shape index (κ1) is 15.9. The van der Waals surface area contributed by atoms with Crippen LogP contribution in [0.5, 0.6) is 0 Å². The molecular weight excluding hydrogens is 260 g/mol. The van der Waals surface area contributed by atoms with Crippen molar-refractivity contribution in [3.8, 4) is 0 Å². The van der Waals surface area contributed by atoms with Crippen LogP contribution in [0, 0.1) is 17.0 Å². The lowest BCUT2D eigenvalue weighted by molar-refractivity contribution is -0.385. The molecule has 0 fully saturated rings. The van der Waals surface area contributed by atoms with Crippen LogP contribution in [0.15, 0.2) is 18.2 Å². The van der Waals surface area contributed by atoms with Gasteiger partial charge >= 0.3 is 6.03 Å². The van der Waals surface area contributed by atoms with Crippen molar-refractivity contribution >= 4 is 11.7 Å². The molecule has 7 heteroatoms. The number of hydrogen-bond acceptors (Lipinski definition) is 4. The van der Waals surface area contributed by atoms with Crippen molar-refractivity contribution in [3.05, 3.63) is 39.4 Å². The minimum atomic E-state index is -0.379. The summed E-state index contributed by atoms with van der Waals surface area (Å²) in [5, 5.41) is 16.7. The van der Waals surface area contributed by atoms with Gasteiger partial charge in [-0.05, 0) is 12.5 Å². The van der Waals surface area contributed by atoms with Crippen molar-refractivity contribution < 1.29 is 9.72 Å². The van der Waals surface area contributed by atoms with Crippen LogP contribution in [0.3, 0.4) is 0 Å². The van der Waals surface area contributed by atoms with Crippen LogP contribution in [0.4, 0.5) is 10.5 Å². The molecule has 0 aliphatic heterocycles. The highest BCUT2D eigenvalue weighted by atomic mass is 16.6. The van der Waals surface area contributed by atoms with Gasteiger partial charge in [0.1, 0.15) is 0 Å². The Morgan fingerprint density at radius 2 is 2.05 bits per heavy atom. The number of benzene rings is 1. The molecule has 0 atom stereocenters. The Hall–Kier alpha value is -2.15. The van der Waals surface area contributed by atoms with E-state index in [1.807, 2.05) is 6.07 Å². The number of nitrogens with one attached hydrogen (secondary N) is 2. The molecule has 0 aliphatic carbocycles. The third-order valence-electron chi connectivity index (χ3n) is 2.91. The second-order valence-corrected chi connectivity index (χ2v) is 4.62. The Morgan fingerprint density at radius 3 is 2.65 bits per heavy atom. The third kappa shape index (κ3) is 4.51. The summed E-state index contributed by atoms with van der Waals surface area (Å²) in [6.07, 6.45) is 0. The monoisotopic (exact) mass is 280 g/mol. The highest BCUT2D eigenvalue weighted by Crippen LogP contribution is 2.20. The fraction of sp³-hybridized carbons (Fsp3) is 0.462. The van der Waals surface area contributed by atoms with Gasteiger partial charge in [-0.15, -0.1) is 0 Å². The first-order valence-corrected chi connectivity index (χ1v) is 6.32. The summed E-state index contributed by atoms with van der Waals surface area (Å²) in [5.41, 5.74) is 1.69. The van der Waals surface area contributed by atoms with E-state index in [0.29, 0.717) is 25.2 Å². The molecule has 7 nitrogen and oxygen atoms in total. The molecule has 0 saturated carbocycles. The third-order valence-corrected chi connectivity index (χ3v) is 2.91. The predicted octanol–water partition coefficient (Wildman–Crippen LogP) is 1.26. The SMILES string of the molecule is Cc1c(CNCCNC(=O)N(C)C)cccc1[N+](=O)[O-]. The number of nitro benzene ring substituents is 1. The molecule has 1 aromatic rings. The normalized spacial score (nSPS) is 10.2. The molecule has 0 bridgehead atoms. The summed E-state index contributed by atoms with van der Waals surface area (Å²) in [6, 6.07) is 4.89. The van der Waals surface area contributed by atoms with E-state index < -0.39 is 0 Å². The minimum Gasteiger partial charge on any atom is -0.337 e. The van der Waals surface area contributed by atoms with Crippen LogP contribution in [0.2, 0.25) is 0 Å². The molecule has 0 aromatic heterocycles. The van der Waals surface area contributed by atoms with Crippen molar-refractivity contribution in [1.29, 1.82) is 0 Å². The highest BCUT2D eigenvalue weighted by molar-refractivity contribution is 5.73. The molecule has 1 aromatic carbocycles. The standard InChI is InChI=1S/C13H20N4O3/c1-10-11(5-4-6-12(10)17(19)20)9-14-7-8-15-13(18)16(2)3/h4-6,14H,7-9H2,1-3H3,(H,15,18). The summed E-state index contributed by atoms with van der Waals surface area (Å²) >= 11 is 0. The molecule has 0 unspecified atom stereocenters. The smallest absolute Gasteiger partial charge is 0.316 e. The summed E-state index contributed by atoms with van der Waals surface area (Å²) in [5.74, 6) is 0. The first-order valence-electron chi connectivity index (χ1n) is 6.32. The van der Waals surface area contributed by atoms with E-state index in [4.69, 9.17) is 0 Å². The number of carbonyl (C=O) groups is 1. The quantitative estimate of drug-likeness (QED) is 0.466. The van der Waals surface area contributed by atoms with Crippen molar-refractivity contribution in [2.75, 3.05) is 27.2 Å². The van der Waals surface area contributed by atoms with Crippen LogP contribution < -0.4 is 10.6 Å². The Kier molecular flexibility index (Phi) is 5.92. The van der Waals surface area contributed by atoms with Gasteiger partial charge in [-0.1, -0.05) is 12.1 Å². The number of urea groups is 1. The zero-order valence-corrected chi connectivity index (χ0v) is 12.0. The molecule has 20 heavy (non-hydrogen) atoms. The maximum Gasteiger partial charge on any atom is 0.316 e. The molecule has 0 saturated heterocycles. The van der Waals surface area contributed by atoms with Gasteiger partial charge in [0.05, 0.1) is 4.92 Å². The Morgan fingerprint density at radius 1 is 1.35 bits per heavy atom. The Labute approximate surface area is 118 Å². The average Bonchev–Trinajstić information content (AvgIpc) is 2.39. The predicted molar refractivity (Wildman–Crippen MR) is 76.6 cm³/mol. The van der Waals surface area contributed by atoms with E-state index in [1.54, 1.807) is 27.1 Å². The van der Waals surface area contributed by atoms with E-state index in [9.17, 15) is 14.9 Å². The van der Waals surface area contributed by atoms with Crippen LogP contribution >= 0.6 is 0 Å². The number of nitrogens with zero attached hydrogens (tertiary/aromatic N) is 2. The van der Waals surface area contributed by atoms with Crippen molar-refractivity contribution in [3.63, 3.8) is 0 Å². The van der Waals surface area contributed by atoms with Crippen molar-refractivity contribution in [2.45, 2.75) is 13.5 Å². The molecule has 1 rings (SSSR count). The van der Waals surface area contributed by atoms with Crippen LogP contribution in [0.25, 0.3) is 0 Å². The van der Waals surface area contributed by atoms with E-state index in [-0.39, 0.29) is 16.6 Å². The second-order valence-electron chi connectivity index (χ2n) is 4.62. The lowest BCUT2D eigenvalue weighted by Crippen LogP contribution is -2.38.